The molecule has 10 heteroatoms. The molecular weight excluding hydrogens is 551 g/mol. The number of carbonyl (C=O) groups excluding carboxylic acids is 4. The molecule has 1 fully saturated rings. The molecule has 1 atom stereocenters. The van der Waals surface area contributed by atoms with Crippen molar-refractivity contribution in [2.75, 3.05) is 5.32 Å². The monoisotopic (exact) mass is 580 g/mol. The third-order valence-electron chi connectivity index (χ3n) is 7.79. The fourth-order valence-corrected chi connectivity index (χ4v) is 5.58. The maximum atomic E-state index is 13.6. The zero-order valence-electron chi connectivity index (χ0n) is 23.2. The molecule has 0 saturated carbocycles. The smallest absolute Gasteiger partial charge is 0.255 e. The van der Waals surface area contributed by atoms with Gasteiger partial charge in [0.2, 0.25) is 17.7 Å². The van der Waals surface area contributed by atoms with E-state index in [4.69, 9.17) is 4.74 Å². The Morgan fingerprint density at radius 1 is 0.977 bits per heavy atom. The molecule has 43 heavy (non-hydrogen) atoms. The Kier molecular flexibility index (Phi) is 7.74. The lowest BCUT2D eigenvalue weighted by molar-refractivity contribution is -0.137. The molecule has 0 spiro atoms. The first-order valence-electron chi connectivity index (χ1n) is 14.0. The van der Waals surface area contributed by atoms with Crippen LogP contribution < -0.4 is 10.6 Å². The Hall–Kier alpha value is -5.25. The van der Waals surface area contributed by atoms with Crippen LogP contribution in [-0.4, -0.2) is 39.5 Å². The standard InChI is InChI=1S/C33H29FN4O5/c34-25-6-4-22(5-7-25)27-9-8-26(18-24(27)19-37-13-15-43-16-14-37)35-30(39)11-2-21-1-3-23-20-38(33(42)28(23)17-21)29-10-12-31(40)36-32(29)41/h1,3-9,13-18,29H,2,10-12,19-20H2,(H,35,39)(H,36,40,41). The predicted octanol–water partition coefficient (Wildman–Crippen LogP) is 4.60. The number of hydrogen-bond acceptors (Lipinski definition) is 6. The summed E-state index contributed by atoms with van der Waals surface area (Å²) in [7, 11) is 0. The first-order valence-corrected chi connectivity index (χ1v) is 14.0. The van der Waals surface area contributed by atoms with Crippen molar-refractivity contribution in [1.82, 2.24) is 15.1 Å². The molecule has 3 aliphatic rings. The van der Waals surface area contributed by atoms with Gasteiger partial charge >= 0.3 is 0 Å². The molecule has 2 N–H and O–H groups in total. The Labute approximate surface area is 247 Å². The number of fused-ring (bicyclic) bond motifs is 1. The Morgan fingerprint density at radius 3 is 2.53 bits per heavy atom. The van der Waals surface area contributed by atoms with Gasteiger partial charge in [-0.05, 0) is 71.0 Å². The third-order valence-corrected chi connectivity index (χ3v) is 7.79. The van der Waals surface area contributed by atoms with E-state index in [0.717, 1.165) is 27.8 Å². The second-order valence-electron chi connectivity index (χ2n) is 10.7. The SMILES string of the molecule is O=C1CCC(N2Cc3ccc(CCC(=O)Nc4ccc(-c5ccc(F)cc5)c(CN5C=COC=C5)c4)cc3C2=O)C(=O)N1. The van der Waals surface area contributed by atoms with E-state index in [1.54, 1.807) is 43.1 Å². The van der Waals surface area contributed by atoms with Gasteiger partial charge in [0.1, 0.15) is 24.4 Å². The van der Waals surface area contributed by atoms with Gasteiger partial charge in [-0.25, -0.2) is 4.39 Å². The van der Waals surface area contributed by atoms with Crippen LogP contribution >= 0.6 is 0 Å². The Balaban J connectivity index is 1.12. The summed E-state index contributed by atoms with van der Waals surface area (Å²) in [5.41, 5.74) is 5.52. The number of aryl methyl sites for hydroxylation is 1. The zero-order valence-corrected chi connectivity index (χ0v) is 23.2. The number of carbonyl (C=O) groups is 4. The van der Waals surface area contributed by atoms with Crippen molar-refractivity contribution in [2.45, 2.75) is 44.8 Å². The molecule has 1 unspecified atom stereocenters. The van der Waals surface area contributed by atoms with Crippen molar-refractivity contribution in [3.05, 3.63) is 114 Å². The lowest BCUT2D eigenvalue weighted by Crippen LogP contribution is -2.52. The first kappa shape index (κ1) is 27.9. The number of imide groups is 1. The van der Waals surface area contributed by atoms with Gasteiger partial charge in [0, 0.05) is 49.6 Å². The average Bonchev–Trinajstić information content (AvgIpc) is 3.32. The number of piperidine rings is 1. The number of nitrogens with zero attached hydrogens (tertiary/aromatic N) is 2. The number of halogens is 1. The van der Waals surface area contributed by atoms with E-state index in [2.05, 4.69) is 10.6 Å². The lowest BCUT2D eigenvalue weighted by atomic mass is 9.98. The van der Waals surface area contributed by atoms with Gasteiger partial charge < -0.3 is 19.9 Å². The number of rotatable bonds is 8. The Morgan fingerprint density at radius 2 is 1.77 bits per heavy atom. The van der Waals surface area contributed by atoms with E-state index < -0.39 is 11.9 Å². The van der Waals surface area contributed by atoms with Crippen molar-refractivity contribution in [2.24, 2.45) is 0 Å². The summed E-state index contributed by atoms with van der Waals surface area (Å²) in [4.78, 5) is 53.3. The van der Waals surface area contributed by atoms with Gasteiger partial charge in [0.05, 0.1) is 0 Å². The minimum atomic E-state index is -0.665. The van der Waals surface area contributed by atoms with Gasteiger partial charge in [-0.15, -0.1) is 0 Å². The first-order chi connectivity index (χ1) is 20.8. The summed E-state index contributed by atoms with van der Waals surface area (Å²) in [6, 6.07) is 16.8. The molecule has 218 valence electrons. The van der Waals surface area contributed by atoms with E-state index in [-0.39, 0.29) is 36.4 Å². The molecule has 0 aliphatic carbocycles. The highest BCUT2D eigenvalue weighted by Crippen LogP contribution is 2.30. The van der Waals surface area contributed by atoms with Gasteiger partial charge in [0.25, 0.3) is 5.91 Å². The molecule has 4 amide bonds. The molecule has 0 aromatic heterocycles. The molecule has 9 nitrogen and oxygen atoms in total. The van der Waals surface area contributed by atoms with E-state index >= 15 is 0 Å². The number of nitrogens with one attached hydrogen (secondary N) is 2. The minimum Gasteiger partial charge on any atom is -0.470 e. The quantitative estimate of drug-likeness (QED) is 0.377. The van der Waals surface area contributed by atoms with Gasteiger partial charge in [-0.2, -0.15) is 0 Å². The minimum absolute atomic E-state index is 0.177. The largest absolute Gasteiger partial charge is 0.470 e. The predicted molar refractivity (Wildman–Crippen MR) is 156 cm³/mol. The maximum Gasteiger partial charge on any atom is 0.255 e. The van der Waals surface area contributed by atoms with Crippen LogP contribution in [0.15, 0.2) is 85.6 Å². The lowest BCUT2D eigenvalue weighted by Gasteiger charge is -2.29. The molecule has 0 bridgehead atoms. The van der Waals surface area contributed by atoms with Crippen LogP contribution in [0.25, 0.3) is 11.1 Å². The molecule has 6 rings (SSSR count). The van der Waals surface area contributed by atoms with Crippen LogP contribution in [0.2, 0.25) is 0 Å². The number of hydrogen-bond donors (Lipinski definition) is 2. The molecule has 3 heterocycles. The van der Waals surface area contributed by atoms with Crippen LogP contribution in [-0.2, 0) is 38.6 Å². The normalized spacial score (nSPS) is 17.5. The fourth-order valence-electron chi connectivity index (χ4n) is 5.58. The van der Waals surface area contributed by atoms with Gasteiger partial charge in [-0.1, -0.05) is 30.3 Å². The zero-order chi connectivity index (χ0) is 29.9. The highest BCUT2D eigenvalue weighted by atomic mass is 19.1. The second-order valence-corrected chi connectivity index (χ2v) is 10.7. The van der Waals surface area contributed by atoms with Crippen molar-refractivity contribution in [3.8, 4) is 11.1 Å². The van der Waals surface area contributed by atoms with E-state index in [1.807, 2.05) is 35.2 Å². The van der Waals surface area contributed by atoms with Gasteiger partial charge in [-0.3, -0.25) is 24.5 Å². The summed E-state index contributed by atoms with van der Waals surface area (Å²) < 4.78 is 18.7. The summed E-state index contributed by atoms with van der Waals surface area (Å²) in [6.07, 6.45) is 7.88. The number of ether oxygens (including phenoxy) is 1. The summed E-state index contributed by atoms with van der Waals surface area (Å²) >= 11 is 0. The third kappa shape index (κ3) is 6.18. The molecule has 1 saturated heterocycles. The molecule has 0 radical (unpaired) electrons. The summed E-state index contributed by atoms with van der Waals surface area (Å²) in [5, 5.41) is 5.28. The summed E-state index contributed by atoms with van der Waals surface area (Å²) in [5.74, 6) is -1.50. The van der Waals surface area contributed by atoms with Crippen LogP contribution in [0.5, 0.6) is 0 Å². The van der Waals surface area contributed by atoms with Crippen LogP contribution in [0, 0.1) is 5.82 Å². The average molecular weight is 581 g/mol. The summed E-state index contributed by atoms with van der Waals surface area (Å²) in [6.45, 7) is 0.819. The van der Waals surface area contributed by atoms with E-state index in [9.17, 15) is 23.6 Å². The fraction of sp³-hybridized carbons (Fsp3) is 0.212. The van der Waals surface area contributed by atoms with Crippen molar-refractivity contribution in [1.29, 1.82) is 0 Å². The van der Waals surface area contributed by atoms with Crippen LogP contribution in [0.3, 0.4) is 0 Å². The van der Waals surface area contributed by atoms with Crippen molar-refractivity contribution >= 4 is 29.3 Å². The highest BCUT2D eigenvalue weighted by molar-refractivity contribution is 6.05. The topological polar surface area (TPSA) is 108 Å². The molecule has 3 aromatic carbocycles. The number of amides is 4. The van der Waals surface area contributed by atoms with E-state index in [1.165, 1.54) is 17.0 Å². The molecule has 3 aromatic rings. The second kappa shape index (κ2) is 11.9. The highest BCUT2D eigenvalue weighted by Gasteiger charge is 2.39. The molecular formula is C33H29FN4O5. The Bertz CT molecular complexity index is 1650. The van der Waals surface area contributed by atoms with Crippen molar-refractivity contribution in [3.63, 3.8) is 0 Å². The maximum absolute atomic E-state index is 13.6. The van der Waals surface area contributed by atoms with Crippen LogP contribution in [0.4, 0.5) is 10.1 Å². The number of benzene rings is 3. The number of anilines is 1. The van der Waals surface area contributed by atoms with Crippen molar-refractivity contribution < 1.29 is 28.3 Å². The van der Waals surface area contributed by atoms with Crippen LogP contribution in [0.1, 0.15) is 46.3 Å². The van der Waals surface area contributed by atoms with E-state index in [0.29, 0.717) is 37.2 Å². The molecule has 3 aliphatic heterocycles. The van der Waals surface area contributed by atoms with Gasteiger partial charge in [0.15, 0.2) is 0 Å².